The van der Waals surface area contributed by atoms with Crippen molar-refractivity contribution in [2.45, 2.75) is 6.18 Å². The van der Waals surface area contributed by atoms with Crippen LogP contribution in [0.25, 0.3) is 23.3 Å². The van der Waals surface area contributed by atoms with Crippen LogP contribution in [0.5, 0.6) is 0 Å². The molecule has 1 aromatic heterocycles. The number of aromatic nitrogens is 3. The van der Waals surface area contributed by atoms with E-state index in [1.54, 1.807) is 30.3 Å². The van der Waals surface area contributed by atoms with E-state index < -0.39 is 17.7 Å². The molecule has 0 spiro atoms. The maximum absolute atomic E-state index is 12.6. The Morgan fingerprint density at radius 1 is 0.923 bits per heavy atom. The van der Waals surface area contributed by atoms with Crippen LogP contribution in [0.1, 0.15) is 27.3 Å². The van der Waals surface area contributed by atoms with E-state index >= 15 is 0 Å². The van der Waals surface area contributed by atoms with Gasteiger partial charge in [-0.15, -0.1) is 5.10 Å². The van der Waals surface area contributed by atoms with Crippen LogP contribution in [0.15, 0.2) is 48.5 Å². The highest BCUT2D eigenvalue weighted by molar-refractivity contribution is 5.90. The third kappa shape index (κ3) is 3.80. The van der Waals surface area contributed by atoms with Gasteiger partial charge in [-0.05, 0) is 34.9 Å². The number of alkyl halides is 3. The van der Waals surface area contributed by atoms with Crippen molar-refractivity contribution in [1.29, 1.82) is 0 Å². The molecule has 0 amide bonds. The topological polar surface area (TPSA) is 78.9 Å². The van der Waals surface area contributed by atoms with Gasteiger partial charge < -0.3 is 5.11 Å². The van der Waals surface area contributed by atoms with Crippen molar-refractivity contribution in [3.05, 3.63) is 71.0 Å². The zero-order valence-electron chi connectivity index (χ0n) is 13.2. The molecular formula is C18H12F3N3O2. The van der Waals surface area contributed by atoms with Gasteiger partial charge in [0.05, 0.1) is 5.56 Å². The molecule has 0 bridgehead atoms. The van der Waals surface area contributed by atoms with E-state index in [9.17, 15) is 18.0 Å². The van der Waals surface area contributed by atoms with Crippen LogP contribution < -0.4 is 0 Å². The van der Waals surface area contributed by atoms with E-state index in [2.05, 4.69) is 15.4 Å². The maximum atomic E-state index is 12.6. The minimum atomic E-state index is -4.36. The number of nitrogens with zero attached hydrogens (tertiary/aromatic N) is 2. The molecule has 0 aliphatic rings. The summed E-state index contributed by atoms with van der Waals surface area (Å²) in [6.45, 7) is 0. The molecule has 0 saturated carbocycles. The fourth-order valence-corrected chi connectivity index (χ4v) is 2.33. The number of nitrogens with one attached hydrogen (secondary N) is 1. The van der Waals surface area contributed by atoms with E-state index in [1.807, 2.05) is 0 Å². The summed E-state index contributed by atoms with van der Waals surface area (Å²) in [5.74, 6) is -1.18. The zero-order chi connectivity index (χ0) is 18.7. The molecule has 0 unspecified atom stereocenters. The van der Waals surface area contributed by atoms with E-state index in [1.165, 1.54) is 18.2 Å². The lowest BCUT2D eigenvalue weighted by atomic mass is 10.0. The van der Waals surface area contributed by atoms with Crippen LogP contribution >= 0.6 is 0 Å². The molecule has 2 aromatic carbocycles. The lowest BCUT2D eigenvalue weighted by Gasteiger charge is -2.08. The summed E-state index contributed by atoms with van der Waals surface area (Å²) in [5, 5.41) is 18.5. The van der Waals surface area contributed by atoms with Crippen molar-refractivity contribution >= 4 is 18.1 Å². The Morgan fingerprint density at radius 3 is 2.04 bits per heavy atom. The van der Waals surface area contributed by atoms with Crippen LogP contribution in [-0.2, 0) is 6.18 Å². The zero-order valence-corrected chi connectivity index (χ0v) is 13.2. The average Bonchev–Trinajstić information content (AvgIpc) is 3.09. The van der Waals surface area contributed by atoms with E-state index in [0.717, 1.165) is 23.3 Å². The van der Waals surface area contributed by atoms with Gasteiger partial charge in [0, 0.05) is 0 Å². The first-order valence-corrected chi connectivity index (χ1v) is 7.44. The summed E-state index contributed by atoms with van der Waals surface area (Å²) in [7, 11) is 0. The predicted octanol–water partition coefficient (Wildman–Crippen LogP) is 4.36. The second-order valence-corrected chi connectivity index (χ2v) is 5.39. The number of carbonyl (C=O) groups is 1. The molecule has 0 aliphatic heterocycles. The Balaban J connectivity index is 1.77. The van der Waals surface area contributed by atoms with Gasteiger partial charge in [0.15, 0.2) is 5.69 Å². The molecule has 2 N–H and O–H groups in total. The quantitative estimate of drug-likeness (QED) is 0.725. The fourth-order valence-electron chi connectivity index (χ4n) is 2.33. The van der Waals surface area contributed by atoms with Crippen molar-refractivity contribution in [2.24, 2.45) is 0 Å². The lowest BCUT2D eigenvalue weighted by Crippen LogP contribution is -2.03. The molecule has 3 aromatic rings. The monoisotopic (exact) mass is 359 g/mol. The predicted molar refractivity (Wildman–Crippen MR) is 89.1 cm³/mol. The smallest absolute Gasteiger partial charge is 0.416 e. The van der Waals surface area contributed by atoms with Crippen molar-refractivity contribution in [3.8, 4) is 11.1 Å². The van der Waals surface area contributed by atoms with Crippen LogP contribution in [0.3, 0.4) is 0 Å². The van der Waals surface area contributed by atoms with Crippen LogP contribution in [0.4, 0.5) is 13.2 Å². The standard InChI is InChI=1S/C18H12F3N3O2/c19-18(20,21)14-8-6-13(7-9-14)12-4-1-11(2-5-12)3-10-15-16(17(25)26)23-24-22-15/h1-10H,(H,25,26)(H,22,23,24). The number of halogens is 3. The molecule has 0 atom stereocenters. The van der Waals surface area contributed by atoms with E-state index in [4.69, 9.17) is 5.11 Å². The Bertz CT molecular complexity index is 943. The molecule has 8 heteroatoms. The number of hydrogen-bond donors (Lipinski definition) is 2. The summed E-state index contributed by atoms with van der Waals surface area (Å²) < 4.78 is 37.8. The minimum absolute atomic E-state index is 0.178. The second kappa shape index (κ2) is 6.83. The van der Waals surface area contributed by atoms with Crippen LogP contribution in [0.2, 0.25) is 0 Å². The first kappa shape index (κ1) is 17.4. The van der Waals surface area contributed by atoms with Gasteiger partial charge in [-0.3, -0.25) is 0 Å². The van der Waals surface area contributed by atoms with Gasteiger partial charge in [-0.1, -0.05) is 42.5 Å². The van der Waals surface area contributed by atoms with Crippen molar-refractivity contribution in [3.63, 3.8) is 0 Å². The SMILES string of the molecule is O=C(O)c1n[nH]nc1C=Cc1ccc(-c2ccc(C(F)(F)F)cc2)cc1. The number of carboxylic acids is 1. The molecule has 0 radical (unpaired) electrons. The summed E-state index contributed by atoms with van der Waals surface area (Å²) in [6, 6.07) is 12.0. The fraction of sp³-hybridized carbons (Fsp3) is 0.0556. The Morgan fingerprint density at radius 2 is 1.50 bits per heavy atom. The lowest BCUT2D eigenvalue weighted by molar-refractivity contribution is -0.137. The Kier molecular flexibility index (Phi) is 4.57. The number of aromatic carboxylic acids is 1. The summed E-state index contributed by atoms with van der Waals surface area (Å²) in [5.41, 5.74) is 1.54. The summed E-state index contributed by atoms with van der Waals surface area (Å²) >= 11 is 0. The van der Waals surface area contributed by atoms with E-state index in [-0.39, 0.29) is 11.4 Å². The highest BCUT2D eigenvalue weighted by Gasteiger charge is 2.29. The van der Waals surface area contributed by atoms with Crippen LogP contribution in [0, 0.1) is 0 Å². The highest BCUT2D eigenvalue weighted by atomic mass is 19.4. The van der Waals surface area contributed by atoms with Gasteiger partial charge >= 0.3 is 12.1 Å². The van der Waals surface area contributed by atoms with Crippen molar-refractivity contribution < 1.29 is 23.1 Å². The highest BCUT2D eigenvalue weighted by Crippen LogP contribution is 2.31. The Hall–Kier alpha value is -3.42. The number of hydrogen-bond acceptors (Lipinski definition) is 3. The first-order valence-electron chi connectivity index (χ1n) is 7.44. The molecular weight excluding hydrogens is 347 g/mol. The molecule has 0 aliphatic carbocycles. The number of rotatable bonds is 4. The molecule has 0 fully saturated rings. The van der Waals surface area contributed by atoms with E-state index in [0.29, 0.717) is 5.56 Å². The summed E-state index contributed by atoms with van der Waals surface area (Å²) in [6.07, 6.45) is -1.18. The Labute approximate surface area is 145 Å². The third-order valence-corrected chi connectivity index (χ3v) is 3.67. The third-order valence-electron chi connectivity index (χ3n) is 3.67. The first-order chi connectivity index (χ1) is 12.3. The molecule has 5 nitrogen and oxygen atoms in total. The maximum Gasteiger partial charge on any atom is 0.416 e. The van der Waals surface area contributed by atoms with Crippen molar-refractivity contribution in [2.75, 3.05) is 0 Å². The molecule has 3 rings (SSSR count). The number of benzene rings is 2. The van der Waals surface area contributed by atoms with Gasteiger partial charge in [0.25, 0.3) is 0 Å². The molecule has 1 heterocycles. The van der Waals surface area contributed by atoms with Crippen LogP contribution in [-0.4, -0.2) is 26.5 Å². The van der Waals surface area contributed by atoms with Gasteiger partial charge in [0.1, 0.15) is 5.69 Å². The normalized spacial score (nSPS) is 11.8. The second-order valence-electron chi connectivity index (χ2n) is 5.39. The van der Waals surface area contributed by atoms with Gasteiger partial charge in [0.2, 0.25) is 0 Å². The number of H-pyrrole nitrogens is 1. The minimum Gasteiger partial charge on any atom is -0.476 e. The van der Waals surface area contributed by atoms with Gasteiger partial charge in [-0.25, -0.2) is 4.79 Å². The summed E-state index contributed by atoms with van der Waals surface area (Å²) in [4.78, 5) is 11.0. The van der Waals surface area contributed by atoms with Crippen molar-refractivity contribution in [1.82, 2.24) is 15.4 Å². The molecule has 0 saturated heterocycles. The number of carboxylic acid groups (broad SMARTS) is 1. The van der Waals surface area contributed by atoms with Gasteiger partial charge in [-0.2, -0.15) is 23.5 Å². The molecule has 132 valence electrons. The molecule has 26 heavy (non-hydrogen) atoms. The number of aromatic amines is 1. The largest absolute Gasteiger partial charge is 0.476 e. The average molecular weight is 359 g/mol.